The van der Waals surface area contributed by atoms with Crippen molar-refractivity contribution < 1.29 is 4.74 Å². The topological polar surface area (TPSA) is 24.5 Å². The minimum atomic E-state index is 0.675. The van der Waals surface area contributed by atoms with Crippen LogP contribution in [0.25, 0.3) is 0 Å². The van der Waals surface area contributed by atoms with Crippen molar-refractivity contribution in [2.24, 2.45) is 5.92 Å². The average Bonchev–Trinajstić information content (AvgIpc) is 3.23. The maximum atomic E-state index is 5.28. The molecule has 0 aromatic rings. The van der Waals surface area contributed by atoms with Gasteiger partial charge in [0.25, 0.3) is 0 Å². The Morgan fingerprint density at radius 3 is 2.58 bits per heavy atom. The lowest BCUT2D eigenvalue weighted by Crippen LogP contribution is -2.43. The molecule has 1 N–H and O–H groups in total. The number of hydrogen-bond donors (Lipinski definition) is 1. The average molecular weight is 270 g/mol. The van der Waals surface area contributed by atoms with Crippen LogP contribution in [0.4, 0.5) is 0 Å². The van der Waals surface area contributed by atoms with E-state index in [0.717, 1.165) is 38.2 Å². The Bertz CT molecular complexity index is 219. The van der Waals surface area contributed by atoms with Gasteiger partial charge in [-0.3, -0.25) is 4.90 Å². The zero-order valence-corrected chi connectivity index (χ0v) is 13.5. The summed E-state index contributed by atoms with van der Waals surface area (Å²) in [5.41, 5.74) is 0. The highest BCUT2D eigenvalue weighted by molar-refractivity contribution is 4.87. The van der Waals surface area contributed by atoms with Gasteiger partial charge < -0.3 is 10.1 Å². The van der Waals surface area contributed by atoms with Gasteiger partial charge in [0.15, 0.2) is 0 Å². The highest BCUT2D eigenvalue weighted by atomic mass is 16.5. The summed E-state index contributed by atoms with van der Waals surface area (Å²) < 4.78 is 5.28. The molecule has 0 radical (unpaired) electrons. The number of ether oxygens (including phenoxy) is 1. The third-order valence-corrected chi connectivity index (χ3v) is 4.35. The number of rotatable bonds is 12. The second-order valence-corrected chi connectivity index (χ2v) is 6.05. The van der Waals surface area contributed by atoms with Gasteiger partial charge in [-0.2, -0.15) is 0 Å². The molecule has 1 aliphatic carbocycles. The molecule has 3 heteroatoms. The lowest BCUT2D eigenvalue weighted by atomic mass is 10.1. The minimum Gasteiger partial charge on any atom is -0.383 e. The van der Waals surface area contributed by atoms with E-state index in [2.05, 4.69) is 31.0 Å². The van der Waals surface area contributed by atoms with E-state index in [0.29, 0.717) is 6.04 Å². The Hall–Kier alpha value is -0.120. The molecule has 3 nitrogen and oxygen atoms in total. The van der Waals surface area contributed by atoms with Gasteiger partial charge in [0.1, 0.15) is 0 Å². The van der Waals surface area contributed by atoms with E-state index in [1.165, 1.54) is 32.1 Å². The number of nitrogens with one attached hydrogen (secondary N) is 1. The van der Waals surface area contributed by atoms with Crippen LogP contribution in [0.1, 0.15) is 52.9 Å². The largest absolute Gasteiger partial charge is 0.383 e. The highest BCUT2D eigenvalue weighted by Gasteiger charge is 2.33. The molecule has 0 saturated heterocycles. The summed E-state index contributed by atoms with van der Waals surface area (Å²) in [7, 11) is 1.80. The molecule has 2 unspecified atom stereocenters. The van der Waals surface area contributed by atoms with Gasteiger partial charge in [0.2, 0.25) is 0 Å². The summed E-state index contributed by atoms with van der Waals surface area (Å²) in [4.78, 5) is 2.67. The van der Waals surface area contributed by atoms with Crippen molar-refractivity contribution >= 4 is 0 Å². The monoisotopic (exact) mass is 270 g/mol. The summed E-state index contributed by atoms with van der Waals surface area (Å²) >= 11 is 0. The van der Waals surface area contributed by atoms with E-state index < -0.39 is 0 Å². The van der Waals surface area contributed by atoms with Crippen molar-refractivity contribution in [2.75, 3.05) is 33.4 Å². The first-order valence-corrected chi connectivity index (χ1v) is 8.16. The normalized spacial score (nSPS) is 18.8. The van der Waals surface area contributed by atoms with Gasteiger partial charge in [0, 0.05) is 25.7 Å². The maximum Gasteiger partial charge on any atom is 0.0589 e. The number of nitrogens with zero attached hydrogens (tertiary/aromatic N) is 1. The summed E-state index contributed by atoms with van der Waals surface area (Å²) in [5, 5.41) is 3.49. The molecule has 0 aliphatic heterocycles. The van der Waals surface area contributed by atoms with Crippen molar-refractivity contribution in [3.8, 4) is 0 Å². The van der Waals surface area contributed by atoms with Crippen molar-refractivity contribution in [3.63, 3.8) is 0 Å². The molecule has 0 aromatic carbocycles. The fourth-order valence-electron chi connectivity index (χ4n) is 2.86. The van der Waals surface area contributed by atoms with Crippen LogP contribution in [-0.4, -0.2) is 50.3 Å². The number of hydrogen-bond acceptors (Lipinski definition) is 3. The molecular weight excluding hydrogens is 236 g/mol. The summed E-state index contributed by atoms with van der Waals surface area (Å²) in [5.74, 6) is 0.942. The SMILES string of the molecule is CCCNCCCC(C)N(CCOC)C(C)C1CC1. The van der Waals surface area contributed by atoms with E-state index >= 15 is 0 Å². The molecule has 0 spiro atoms. The lowest BCUT2D eigenvalue weighted by Gasteiger charge is -2.35. The Morgan fingerprint density at radius 2 is 2.00 bits per heavy atom. The van der Waals surface area contributed by atoms with Gasteiger partial charge in [-0.1, -0.05) is 6.92 Å². The molecule has 0 amide bonds. The van der Waals surface area contributed by atoms with Crippen molar-refractivity contribution in [1.82, 2.24) is 10.2 Å². The van der Waals surface area contributed by atoms with Crippen molar-refractivity contribution in [3.05, 3.63) is 0 Å². The molecule has 0 heterocycles. The third kappa shape index (κ3) is 6.73. The van der Waals surface area contributed by atoms with Crippen LogP contribution in [0.2, 0.25) is 0 Å². The fourth-order valence-corrected chi connectivity index (χ4v) is 2.86. The smallest absolute Gasteiger partial charge is 0.0589 e. The van der Waals surface area contributed by atoms with E-state index in [1.54, 1.807) is 7.11 Å². The highest BCUT2D eigenvalue weighted by Crippen LogP contribution is 2.36. The van der Waals surface area contributed by atoms with E-state index in [1.807, 2.05) is 0 Å². The quantitative estimate of drug-likeness (QED) is 0.552. The maximum absolute atomic E-state index is 5.28. The zero-order chi connectivity index (χ0) is 14.1. The molecule has 0 bridgehead atoms. The first-order valence-electron chi connectivity index (χ1n) is 8.16. The molecule has 1 aliphatic rings. The second kappa shape index (κ2) is 9.73. The van der Waals surface area contributed by atoms with E-state index in [9.17, 15) is 0 Å². The van der Waals surface area contributed by atoms with Crippen LogP contribution >= 0.6 is 0 Å². The third-order valence-electron chi connectivity index (χ3n) is 4.35. The van der Waals surface area contributed by atoms with Crippen LogP contribution in [0.15, 0.2) is 0 Å². The van der Waals surface area contributed by atoms with E-state index in [-0.39, 0.29) is 0 Å². The molecule has 114 valence electrons. The Kier molecular flexibility index (Phi) is 8.67. The van der Waals surface area contributed by atoms with Gasteiger partial charge in [-0.15, -0.1) is 0 Å². The standard InChI is InChI=1S/C16H34N2O/c1-5-10-17-11-6-7-14(2)18(12-13-19-4)15(3)16-8-9-16/h14-17H,5-13H2,1-4H3. The minimum absolute atomic E-state index is 0.675. The lowest BCUT2D eigenvalue weighted by molar-refractivity contribution is 0.0832. The predicted molar refractivity (Wildman–Crippen MR) is 82.6 cm³/mol. The van der Waals surface area contributed by atoms with Crippen molar-refractivity contribution in [1.29, 1.82) is 0 Å². The second-order valence-electron chi connectivity index (χ2n) is 6.05. The summed E-state index contributed by atoms with van der Waals surface area (Å²) in [6.07, 6.45) is 6.65. The molecule has 1 saturated carbocycles. The number of methoxy groups -OCH3 is 1. The van der Waals surface area contributed by atoms with Crippen LogP contribution in [0.5, 0.6) is 0 Å². The molecule has 2 atom stereocenters. The Labute approximate surface area is 120 Å². The van der Waals surface area contributed by atoms with E-state index in [4.69, 9.17) is 4.74 Å². The molecule has 0 aromatic heterocycles. The van der Waals surface area contributed by atoms with Crippen LogP contribution in [-0.2, 0) is 4.74 Å². The molecule has 1 rings (SSSR count). The predicted octanol–water partition coefficient (Wildman–Crippen LogP) is 2.90. The fraction of sp³-hybridized carbons (Fsp3) is 1.00. The van der Waals surface area contributed by atoms with Gasteiger partial charge in [0.05, 0.1) is 6.61 Å². The zero-order valence-electron chi connectivity index (χ0n) is 13.5. The van der Waals surface area contributed by atoms with Crippen LogP contribution < -0.4 is 5.32 Å². The van der Waals surface area contributed by atoms with Crippen LogP contribution in [0.3, 0.4) is 0 Å². The first kappa shape index (κ1) is 16.9. The van der Waals surface area contributed by atoms with Gasteiger partial charge in [-0.25, -0.2) is 0 Å². The molecular formula is C16H34N2O. The molecule has 1 fully saturated rings. The van der Waals surface area contributed by atoms with Crippen molar-refractivity contribution in [2.45, 2.75) is 65.0 Å². The first-order chi connectivity index (χ1) is 9.20. The molecule has 19 heavy (non-hydrogen) atoms. The summed E-state index contributed by atoms with van der Waals surface area (Å²) in [6.45, 7) is 11.3. The Morgan fingerprint density at radius 1 is 1.26 bits per heavy atom. The van der Waals surface area contributed by atoms with Crippen LogP contribution in [0, 0.1) is 5.92 Å². The van der Waals surface area contributed by atoms with Gasteiger partial charge in [-0.05, 0) is 65.0 Å². The Balaban J connectivity index is 2.26. The summed E-state index contributed by atoms with van der Waals surface area (Å²) in [6, 6.07) is 1.41. The van der Waals surface area contributed by atoms with Gasteiger partial charge >= 0.3 is 0 Å².